The Bertz CT molecular complexity index is 993. The molecule has 0 amide bonds. The van der Waals surface area contributed by atoms with Crippen LogP contribution >= 0.6 is 0 Å². The van der Waals surface area contributed by atoms with Crippen molar-refractivity contribution in [2.45, 2.75) is 20.0 Å². The van der Waals surface area contributed by atoms with E-state index < -0.39 is 17.9 Å². The van der Waals surface area contributed by atoms with Crippen molar-refractivity contribution in [2.24, 2.45) is 0 Å². The summed E-state index contributed by atoms with van der Waals surface area (Å²) >= 11 is 0. The number of esters is 1. The number of carbonyl (C=O) groups excluding carboxylic acids is 2. The van der Waals surface area contributed by atoms with Crippen LogP contribution in [0.3, 0.4) is 0 Å². The summed E-state index contributed by atoms with van der Waals surface area (Å²) in [6, 6.07) is 10.9. The molecule has 0 fully saturated rings. The van der Waals surface area contributed by atoms with Gasteiger partial charge < -0.3 is 14.5 Å². The highest BCUT2D eigenvalue weighted by atomic mass is 19.1. The predicted octanol–water partition coefficient (Wildman–Crippen LogP) is 4.05. The zero-order valence-electron chi connectivity index (χ0n) is 14.6. The third kappa shape index (κ3) is 3.18. The number of nitrogens with one attached hydrogen (secondary N) is 1. The number of para-hydroxylation sites is 1. The van der Waals surface area contributed by atoms with E-state index in [4.69, 9.17) is 9.47 Å². The van der Waals surface area contributed by atoms with E-state index in [-0.39, 0.29) is 17.1 Å². The van der Waals surface area contributed by atoms with Gasteiger partial charge in [0.1, 0.15) is 17.1 Å². The van der Waals surface area contributed by atoms with E-state index in [0.29, 0.717) is 11.3 Å². The number of aromatic nitrogens is 1. The number of rotatable bonds is 5. The smallest absolute Gasteiger partial charge is 0.342 e. The number of halogens is 1. The highest BCUT2D eigenvalue weighted by molar-refractivity contribution is 6.11. The summed E-state index contributed by atoms with van der Waals surface area (Å²) in [5, 5.41) is 0.765. The Labute approximate surface area is 149 Å². The average molecular weight is 355 g/mol. The molecule has 0 aliphatic carbocycles. The zero-order chi connectivity index (χ0) is 18.8. The molecule has 0 radical (unpaired) electrons. The van der Waals surface area contributed by atoms with Gasteiger partial charge in [-0.05, 0) is 38.1 Å². The van der Waals surface area contributed by atoms with Gasteiger partial charge in [0.25, 0.3) is 0 Å². The molecule has 1 N–H and O–H groups in total. The van der Waals surface area contributed by atoms with Gasteiger partial charge in [0, 0.05) is 22.2 Å². The molecule has 1 atom stereocenters. The third-order valence-corrected chi connectivity index (χ3v) is 4.17. The van der Waals surface area contributed by atoms with Crippen LogP contribution in [-0.2, 0) is 4.74 Å². The second-order valence-corrected chi connectivity index (χ2v) is 5.93. The van der Waals surface area contributed by atoms with Gasteiger partial charge >= 0.3 is 5.97 Å². The average Bonchev–Trinajstić information content (AvgIpc) is 2.96. The van der Waals surface area contributed by atoms with Crippen molar-refractivity contribution in [3.05, 3.63) is 65.1 Å². The Morgan fingerprint density at radius 2 is 1.88 bits per heavy atom. The van der Waals surface area contributed by atoms with Crippen molar-refractivity contribution in [1.29, 1.82) is 0 Å². The van der Waals surface area contributed by atoms with Crippen molar-refractivity contribution in [2.75, 3.05) is 7.11 Å². The van der Waals surface area contributed by atoms with Crippen LogP contribution in [0.25, 0.3) is 10.9 Å². The second-order valence-electron chi connectivity index (χ2n) is 5.93. The summed E-state index contributed by atoms with van der Waals surface area (Å²) in [5.74, 6) is -1.56. The fourth-order valence-electron chi connectivity index (χ4n) is 2.91. The molecule has 0 saturated carbocycles. The van der Waals surface area contributed by atoms with Crippen LogP contribution in [0, 0.1) is 12.7 Å². The monoisotopic (exact) mass is 355 g/mol. The maximum absolute atomic E-state index is 13.5. The van der Waals surface area contributed by atoms with Gasteiger partial charge in [-0.2, -0.15) is 0 Å². The van der Waals surface area contributed by atoms with Gasteiger partial charge in [0.05, 0.1) is 7.11 Å². The minimum atomic E-state index is -1.03. The molecule has 0 aliphatic rings. The van der Waals surface area contributed by atoms with E-state index in [1.54, 1.807) is 6.92 Å². The molecule has 1 heterocycles. The highest BCUT2D eigenvalue weighted by Crippen LogP contribution is 2.25. The van der Waals surface area contributed by atoms with Crippen LogP contribution in [0.4, 0.5) is 4.39 Å². The van der Waals surface area contributed by atoms with E-state index >= 15 is 0 Å². The minimum absolute atomic E-state index is 0.0669. The van der Waals surface area contributed by atoms with Crippen LogP contribution in [0.15, 0.2) is 42.5 Å². The number of ether oxygens (including phenoxy) is 2. The Kier molecular flexibility index (Phi) is 4.75. The molecule has 1 unspecified atom stereocenters. The van der Waals surface area contributed by atoms with Crippen molar-refractivity contribution >= 4 is 22.7 Å². The summed E-state index contributed by atoms with van der Waals surface area (Å²) in [7, 11) is 1.37. The topological polar surface area (TPSA) is 68.4 Å². The van der Waals surface area contributed by atoms with Gasteiger partial charge in [0.15, 0.2) is 6.10 Å². The van der Waals surface area contributed by atoms with Gasteiger partial charge in [-0.3, -0.25) is 4.79 Å². The first kappa shape index (κ1) is 17.7. The minimum Gasteiger partial charge on any atom is -0.496 e. The fourth-order valence-corrected chi connectivity index (χ4v) is 2.91. The number of hydrogen-bond donors (Lipinski definition) is 1. The van der Waals surface area contributed by atoms with Crippen LogP contribution in [0.5, 0.6) is 5.75 Å². The summed E-state index contributed by atoms with van der Waals surface area (Å²) in [4.78, 5) is 28.3. The number of H-pyrrole nitrogens is 1. The van der Waals surface area contributed by atoms with E-state index in [0.717, 1.165) is 17.0 Å². The first-order chi connectivity index (χ1) is 12.4. The van der Waals surface area contributed by atoms with Gasteiger partial charge in [-0.15, -0.1) is 0 Å². The van der Waals surface area contributed by atoms with Gasteiger partial charge in [-0.1, -0.05) is 18.2 Å². The number of fused-ring (bicyclic) bond motifs is 1. The first-order valence-electron chi connectivity index (χ1n) is 8.08. The molecule has 0 bridgehead atoms. The van der Waals surface area contributed by atoms with E-state index in [2.05, 4.69) is 4.98 Å². The molecule has 0 saturated heterocycles. The van der Waals surface area contributed by atoms with Crippen molar-refractivity contribution < 1.29 is 23.5 Å². The van der Waals surface area contributed by atoms with Crippen molar-refractivity contribution in [3.8, 4) is 5.75 Å². The standard InChI is InChI=1S/C20H18FNO4/c1-11-18(14-6-4-5-7-16(14)22-11)19(23)12(2)26-20(24)15-10-13(21)8-9-17(15)25-3/h4-10,12,22H,1-3H3. The molecule has 5 nitrogen and oxygen atoms in total. The number of carbonyl (C=O) groups is 2. The molecule has 134 valence electrons. The van der Waals surface area contributed by atoms with Crippen LogP contribution in [0.2, 0.25) is 0 Å². The summed E-state index contributed by atoms with van der Waals surface area (Å²) in [6.07, 6.45) is -1.03. The number of ketones is 1. The van der Waals surface area contributed by atoms with Gasteiger partial charge in [0.2, 0.25) is 5.78 Å². The first-order valence-corrected chi connectivity index (χ1v) is 8.08. The zero-order valence-corrected chi connectivity index (χ0v) is 14.6. The van der Waals surface area contributed by atoms with E-state index in [1.807, 2.05) is 24.3 Å². The fraction of sp³-hybridized carbons (Fsp3) is 0.200. The SMILES string of the molecule is COc1ccc(F)cc1C(=O)OC(C)C(=O)c1c(C)[nH]c2ccccc12. The molecule has 26 heavy (non-hydrogen) atoms. The molecule has 3 aromatic rings. The number of hydrogen-bond acceptors (Lipinski definition) is 4. The number of aromatic amines is 1. The highest BCUT2D eigenvalue weighted by Gasteiger charge is 2.26. The predicted molar refractivity (Wildman–Crippen MR) is 95.2 cm³/mol. The lowest BCUT2D eigenvalue weighted by molar-refractivity contribution is 0.0315. The lowest BCUT2D eigenvalue weighted by Crippen LogP contribution is -2.25. The molecular formula is C20H18FNO4. The molecule has 6 heteroatoms. The molecule has 1 aromatic heterocycles. The van der Waals surface area contributed by atoms with Crippen molar-refractivity contribution in [1.82, 2.24) is 4.98 Å². The Balaban J connectivity index is 1.87. The normalized spacial score (nSPS) is 12.0. The summed E-state index contributed by atoms with van der Waals surface area (Å²) in [5.41, 5.74) is 1.94. The molecule has 0 spiro atoms. The number of methoxy groups -OCH3 is 1. The second kappa shape index (κ2) is 7.00. The van der Waals surface area contributed by atoms with Gasteiger partial charge in [-0.25, -0.2) is 9.18 Å². The molecule has 2 aromatic carbocycles. The number of aryl methyl sites for hydroxylation is 1. The largest absolute Gasteiger partial charge is 0.496 e. The lowest BCUT2D eigenvalue weighted by atomic mass is 10.0. The number of Topliss-reactive ketones (excluding diaryl/α,β-unsaturated/α-hetero) is 1. The molecular weight excluding hydrogens is 337 g/mol. The van der Waals surface area contributed by atoms with Crippen LogP contribution in [0.1, 0.15) is 33.3 Å². The van der Waals surface area contributed by atoms with E-state index in [9.17, 15) is 14.0 Å². The third-order valence-electron chi connectivity index (χ3n) is 4.17. The van der Waals surface area contributed by atoms with Crippen LogP contribution < -0.4 is 4.74 Å². The number of benzene rings is 2. The maximum Gasteiger partial charge on any atom is 0.342 e. The summed E-state index contributed by atoms with van der Waals surface area (Å²) in [6.45, 7) is 3.28. The Hall–Kier alpha value is -3.15. The van der Waals surface area contributed by atoms with Crippen molar-refractivity contribution in [3.63, 3.8) is 0 Å². The lowest BCUT2D eigenvalue weighted by Gasteiger charge is -2.14. The van der Waals surface area contributed by atoms with Crippen LogP contribution in [-0.4, -0.2) is 30.0 Å². The molecule has 0 aliphatic heterocycles. The summed E-state index contributed by atoms with van der Waals surface area (Å²) < 4.78 is 23.8. The Morgan fingerprint density at radius 1 is 1.15 bits per heavy atom. The van der Waals surface area contributed by atoms with E-state index in [1.165, 1.54) is 26.2 Å². The maximum atomic E-state index is 13.5. The quantitative estimate of drug-likeness (QED) is 0.554. The Morgan fingerprint density at radius 3 is 2.62 bits per heavy atom. The molecule has 3 rings (SSSR count).